The fourth-order valence-electron chi connectivity index (χ4n) is 3.75. The number of hydrogen-bond acceptors (Lipinski definition) is 1. The van der Waals surface area contributed by atoms with Crippen molar-refractivity contribution in [3.05, 3.63) is 112 Å². The summed E-state index contributed by atoms with van der Waals surface area (Å²) in [7, 11) is 0. The number of rotatable bonds is 5. The Balaban J connectivity index is 1.50. The number of fused-ring (bicyclic) bond motifs is 1. The van der Waals surface area contributed by atoms with Gasteiger partial charge in [0.15, 0.2) is 11.6 Å². The first-order valence-electron chi connectivity index (χ1n) is 11.1. The van der Waals surface area contributed by atoms with Gasteiger partial charge in [0.05, 0.1) is 5.56 Å². The summed E-state index contributed by atoms with van der Waals surface area (Å²) in [5.41, 5.74) is 3.84. The molecule has 0 spiro atoms. The van der Waals surface area contributed by atoms with Crippen LogP contribution in [0.1, 0.15) is 34.7 Å². The summed E-state index contributed by atoms with van der Waals surface area (Å²) in [5.74, 6) is 2.56. The van der Waals surface area contributed by atoms with E-state index in [0.717, 1.165) is 42.3 Å². The van der Waals surface area contributed by atoms with E-state index in [4.69, 9.17) is 0 Å². The zero-order valence-corrected chi connectivity index (χ0v) is 18.8. The van der Waals surface area contributed by atoms with Crippen molar-refractivity contribution in [1.82, 2.24) is 0 Å². The van der Waals surface area contributed by atoms with Gasteiger partial charge in [0.2, 0.25) is 0 Å². The molecule has 0 fully saturated rings. The molecule has 0 unspecified atom stereocenters. The lowest BCUT2D eigenvalue weighted by molar-refractivity contribution is -0.275. The molecule has 0 aliphatic rings. The molecular formula is C29H21F5O. The Labute approximate surface area is 200 Å². The zero-order chi connectivity index (χ0) is 25.0. The van der Waals surface area contributed by atoms with Crippen LogP contribution < -0.4 is 4.74 Å². The maximum Gasteiger partial charge on any atom is 0.573 e. The Bertz CT molecular complexity index is 1410. The quantitative estimate of drug-likeness (QED) is 0.210. The van der Waals surface area contributed by atoms with Crippen molar-refractivity contribution in [3.63, 3.8) is 0 Å². The molecule has 0 amide bonds. The van der Waals surface area contributed by atoms with Crippen molar-refractivity contribution in [2.45, 2.75) is 32.5 Å². The van der Waals surface area contributed by atoms with Gasteiger partial charge in [0.25, 0.3) is 0 Å². The lowest BCUT2D eigenvalue weighted by atomic mass is 9.99. The van der Waals surface area contributed by atoms with Crippen LogP contribution in [0.4, 0.5) is 22.0 Å². The van der Waals surface area contributed by atoms with Crippen molar-refractivity contribution in [1.29, 1.82) is 0 Å². The third kappa shape index (κ3) is 6.19. The van der Waals surface area contributed by atoms with E-state index in [1.54, 1.807) is 12.1 Å². The standard InChI is InChI=1S/C29H21F5O/c1-2-19-3-5-20(6-4-19)7-8-21-10-15-25-24(17-21)14-13-23(28(25)31)12-9-22-11-16-27(26(30)18-22)35-29(32,33)34/h3-6,10-11,13-18H,2,7-8H2,1H3. The molecule has 0 aromatic heterocycles. The van der Waals surface area contributed by atoms with E-state index < -0.39 is 23.7 Å². The predicted molar refractivity (Wildman–Crippen MR) is 126 cm³/mol. The maximum absolute atomic E-state index is 15.0. The predicted octanol–water partition coefficient (Wildman–Crippen LogP) is 7.76. The SMILES string of the molecule is CCc1ccc(CCc2ccc3c(F)c(C#Cc4ccc(OC(F)(F)F)c(F)c4)ccc3c2)cc1. The molecule has 6 heteroatoms. The highest BCUT2D eigenvalue weighted by Gasteiger charge is 2.32. The lowest BCUT2D eigenvalue weighted by Gasteiger charge is -2.09. The molecular weight excluding hydrogens is 459 g/mol. The lowest BCUT2D eigenvalue weighted by Crippen LogP contribution is -2.17. The fraction of sp³-hybridized carbons (Fsp3) is 0.172. The summed E-state index contributed by atoms with van der Waals surface area (Å²) in [6.07, 6.45) is -2.29. The molecule has 4 rings (SSSR count). The number of alkyl halides is 3. The molecule has 0 bridgehead atoms. The van der Waals surface area contributed by atoms with Gasteiger partial charge in [-0.25, -0.2) is 8.78 Å². The van der Waals surface area contributed by atoms with Crippen LogP contribution >= 0.6 is 0 Å². The van der Waals surface area contributed by atoms with Crippen molar-refractivity contribution in [3.8, 4) is 17.6 Å². The Morgan fingerprint density at radius 3 is 2.11 bits per heavy atom. The minimum atomic E-state index is -5.00. The minimum absolute atomic E-state index is 0.0961. The highest BCUT2D eigenvalue weighted by Crippen LogP contribution is 2.26. The molecule has 1 nitrogen and oxygen atoms in total. The average molecular weight is 480 g/mol. The molecule has 35 heavy (non-hydrogen) atoms. The van der Waals surface area contributed by atoms with Crippen LogP contribution in [0.25, 0.3) is 10.8 Å². The molecule has 0 saturated carbocycles. The molecule has 0 aliphatic heterocycles. The second-order valence-electron chi connectivity index (χ2n) is 8.10. The van der Waals surface area contributed by atoms with E-state index in [1.807, 2.05) is 12.1 Å². The minimum Gasteiger partial charge on any atom is -0.403 e. The van der Waals surface area contributed by atoms with Gasteiger partial charge in [-0.05, 0) is 65.6 Å². The van der Waals surface area contributed by atoms with E-state index in [1.165, 1.54) is 23.3 Å². The van der Waals surface area contributed by atoms with Gasteiger partial charge in [-0.3, -0.25) is 0 Å². The number of hydrogen-bond donors (Lipinski definition) is 0. The van der Waals surface area contributed by atoms with Gasteiger partial charge in [0.1, 0.15) is 5.82 Å². The molecule has 0 heterocycles. The van der Waals surface area contributed by atoms with Gasteiger partial charge < -0.3 is 4.74 Å². The first-order valence-corrected chi connectivity index (χ1v) is 11.1. The van der Waals surface area contributed by atoms with Gasteiger partial charge >= 0.3 is 6.36 Å². The summed E-state index contributed by atoms with van der Waals surface area (Å²) in [4.78, 5) is 0. The summed E-state index contributed by atoms with van der Waals surface area (Å²) < 4.78 is 69.3. The van der Waals surface area contributed by atoms with Crippen LogP contribution in [0.3, 0.4) is 0 Å². The van der Waals surface area contributed by atoms with Crippen LogP contribution in [-0.2, 0) is 19.3 Å². The second kappa shape index (κ2) is 10.2. The van der Waals surface area contributed by atoms with Gasteiger partial charge in [0, 0.05) is 10.9 Å². The van der Waals surface area contributed by atoms with E-state index in [9.17, 15) is 17.6 Å². The molecule has 0 saturated heterocycles. The molecule has 4 aromatic rings. The van der Waals surface area contributed by atoms with Crippen molar-refractivity contribution >= 4 is 10.8 Å². The first kappa shape index (κ1) is 24.3. The summed E-state index contributed by atoms with van der Waals surface area (Å²) in [5, 5.41) is 1.15. The van der Waals surface area contributed by atoms with Gasteiger partial charge in [-0.15, -0.1) is 13.2 Å². The highest BCUT2D eigenvalue weighted by atomic mass is 19.4. The van der Waals surface area contributed by atoms with Crippen LogP contribution in [0, 0.1) is 23.5 Å². The summed E-state index contributed by atoms with van der Waals surface area (Å²) in [6.45, 7) is 2.12. The van der Waals surface area contributed by atoms with Crippen LogP contribution in [0.2, 0.25) is 0 Å². The molecule has 4 aromatic carbocycles. The molecule has 0 radical (unpaired) electrons. The monoisotopic (exact) mass is 480 g/mol. The normalized spacial score (nSPS) is 11.3. The summed E-state index contributed by atoms with van der Waals surface area (Å²) in [6, 6.07) is 20.2. The third-order valence-corrected chi connectivity index (χ3v) is 5.65. The largest absolute Gasteiger partial charge is 0.573 e. The number of ether oxygens (including phenoxy) is 1. The average Bonchev–Trinajstić information content (AvgIpc) is 2.83. The Morgan fingerprint density at radius 2 is 1.43 bits per heavy atom. The second-order valence-corrected chi connectivity index (χ2v) is 8.10. The number of benzene rings is 4. The van der Waals surface area contributed by atoms with Crippen LogP contribution in [0.5, 0.6) is 5.75 Å². The van der Waals surface area contributed by atoms with Crippen LogP contribution in [0.15, 0.2) is 72.8 Å². The Hall–Kier alpha value is -3.85. The van der Waals surface area contributed by atoms with Crippen molar-refractivity contribution in [2.24, 2.45) is 0 Å². The number of halogens is 5. The molecule has 0 N–H and O–H groups in total. The Kier molecular flexibility index (Phi) is 7.07. The smallest absolute Gasteiger partial charge is 0.403 e. The third-order valence-electron chi connectivity index (χ3n) is 5.65. The van der Waals surface area contributed by atoms with Crippen molar-refractivity contribution in [2.75, 3.05) is 0 Å². The van der Waals surface area contributed by atoms with Crippen molar-refractivity contribution < 1.29 is 26.7 Å². The van der Waals surface area contributed by atoms with Crippen LogP contribution in [-0.4, -0.2) is 6.36 Å². The fourth-order valence-corrected chi connectivity index (χ4v) is 3.75. The van der Waals surface area contributed by atoms with Gasteiger partial charge in [-0.2, -0.15) is 0 Å². The van der Waals surface area contributed by atoms with E-state index in [-0.39, 0.29) is 11.1 Å². The van der Waals surface area contributed by atoms with E-state index >= 15 is 4.39 Å². The van der Waals surface area contributed by atoms with E-state index in [0.29, 0.717) is 5.39 Å². The highest BCUT2D eigenvalue weighted by molar-refractivity contribution is 5.85. The summed E-state index contributed by atoms with van der Waals surface area (Å²) >= 11 is 0. The number of aryl methyl sites for hydroxylation is 3. The van der Waals surface area contributed by atoms with Gasteiger partial charge in [-0.1, -0.05) is 67.3 Å². The maximum atomic E-state index is 15.0. The zero-order valence-electron chi connectivity index (χ0n) is 18.8. The Morgan fingerprint density at radius 1 is 0.743 bits per heavy atom. The topological polar surface area (TPSA) is 9.23 Å². The van der Waals surface area contributed by atoms with E-state index in [2.05, 4.69) is 47.8 Å². The molecule has 0 aliphatic carbocycles. The molecule has 178 valence electrons. The first-order chi connectivity index (χ1) is 16.7. The molecule has 0 atom stereocenters.